The Hall–Kier alpha value is -3.83. The number of carbonyl (C=O) groups excluding carboxylic acids is 1. The molecule has 210 valence electrons. The van der Waals surface area contributed by atoms with Gasteiger partial charge in [0.25, 0.3) is 5.91 Å². The average Bonchev–Trinajstić information content (AvgIpc) is 2.83. The number of anilines is 1. The highest BCUT2D eigenvalue weighted by molar-refractivity contribution is 5.95. The first-order chi connectivity index (χ1) is 17.8. The van der Waals surface area contributed by atoms with Gasteiger partial charge in [-0.3, -0.25) is 14.6 Å². The summed E-state index contributed by atoms with van der Waals surface area (Å²) in [6.45, 7) is 7.65. The van der Waals surface area contributed by atoms with E-state index >= 15 is 0 Å². The monoisotopic (exact) mass is 541 g/mol. The summed E-state index contributed by atoms with van der Waals surface area (Å²) in [5, 5.41) is 19.1. The third kappa shape index (κ3) is 12.9. The maximum atomic E-state index is 13.1. The highest BCUT2D eigenvalue weighted by atomic mass is 19.4. The topological polar surface area (TPSA) is 129 Å². The molecule has 12 heteroatoms. The van der Waals surface area contributed by atoms with Crippen LogP contribution in [0.5, 0.6) is 5.75 Å². The normalized spacial score (nSPS) is 10.8. The van der Waals surface area contributed by atoms with Crippen LogP contribution in [-0.2, 0) is 9.59 Å². The van der Waals surface area contributed by atoms with Crippen molar-refractivity contribution in [1.82, 2.24) is 9.88 Å². The van der Waals surface area contributed by atoms with E-state index in [1.165, 1.54) is 0 Å². The number of nitrogens with zero attached hydrogens (tertiary/aromatic N) is 2. The molecular formula is C26H34F3N3O6. The molecule has 0 atom stereocenters. The van der Waals surface area contributed by atoms with Crippen molar-refractivity contribution >= 4 is 23.5 Å². The number of unbranched alkanes of at least 4 members (excludes halogenated alkanes) is 2. The minimum Gasteiger partial charge on any atom is -0.492 e. The standard InChI is InChI=1S/C24H33N3O4.C2HF3O2/c1-18(2)27(13-6-4-5-7-23(28)29)24(30)20-15-19(3)16-22(17-20)31-14-12-26-21-8-10-25-11-9-21;3-2(4,5)1(6)7/h8-11,15-18H,4-7,12-14H2,1-3H3,(H,25,26)(H,28,29);(H,6,7). The van der Waals surface area contributed by atoms with E-state index in [2.05, 4.69) is 10.3 Å². The molecule has 0 aliphatic rings. The quantitative estimate of drug-likeness (QED) is 0.302. The molecule has 0 spiro atoms. The van der Waals surface area contributed by atoms with Crippen LogP contribution in [0.25, 0.3) is 0 Å². The second-order valence-electron chi connectivity index (χ2n) is 8.65. The summed E-state index contributed by atoms with van der Waals surface area (Å²) in [5.74, 6) is -2.89. The second kappa shape index (κ2) is 16.1. The van der Waals surface area contributed by atoms with Crippen molar-refractivity contribution in [3.63, 3.8) is 0 Å². The van der Waals surface area contributed by atoms with Crippen LogP contribution < -0.4 is 10.1 Å². The first-order valence-corrected chi connectivity index (χ1v) is 12.0. The number of nitrogens with one attached hydrogen (secondary N) is 1. The van der Waals surface area contributed by atoms with E-state index in [-0.39, 0.29) is 18.4 Å². The van der Waals surface area contributed by atoms with Crippen molar-refractivity contribution in [2.24, 2.45) is 0 Å². The van der Waals surface area contributed by atoms with Gasteiger partial charge in [-0.05, 0) is 69.5 Å². The Morgan fingerprint density at radius 1 is 1.05 bits per heavy atom. The molecule has 0 saturated heterocycles. The molecule has 38 heavy (non-hydrogen) atoms. The molecule has 2 rings (SSSR count). The fraction of sp³-hybridized carbons (Fsp3) is 0.462. The number of hydrogen-bond acceptors (Lipinski definition) is 6. The van der Waals surface area contributed by atoms with Gasteiger partial charge in [-0.1, -0.05) is 6.42 Å². The molecule has 9 nitrogen and oxygen atoms in total. The lowest BCUT2D eigenvalue weighted by molar-refractivity contribution is -0.192. The van der Waals surface area contributed by atoms with E-state index in [4.69, 9.17) is 19.7 Å². The molecule has 1 heterocycles. The smallest absolute Gasteiger partial charge is 0.490 e. The molecule has 1 amide bonds. The first kappa shape index (κ1) is 32.2. The molecule has 3 N–H and O–H groups in total. The van der Waals surface area contributed by atoms with Gasteiger partial charge in [-0.15, -0.1) is 0 Å². The number of carbonyl (C=O) groups is 3. The van der Waals surface area contributed by atoms with Crippen LogP contribution in [-0.4, -0.2) is 69.9 Å². The van der Waals surface area contributed by atoms with Crippen LogP contribution >= 0.6 is 0 Å². The van der Waals surface area contributed by atoms with Crippen molar-refractivity contribution < 1.29 is 42.5 Å². The maximum Gasteiger partial charge on any atom is 0.490 e. The second-order valence-corrected chi connectivity index (χ2v) is 8.65. The van der Waals surface area contributed by atoms with E-state index < -0.39 is 18.1 Å². The van der Waals surface area contributed by atoms with Gasteiger partial charge in [0.1, 0.15) is 12.4 Å². The van der Waals surface area contributed by atoms with E-state index in [0.29, 0.717) is 37.4 Å². The van der Waals surface area contributed by atoms with Crippen molar-refractivity contribution in [2.45, 2.75) is 58.7 Å². The average molecular weight is 542 g/mol. The number of aromatic nitrogens is 1. The third-order valence-electron chi connectivity index (χ3n) is 5.09. The summed E-state index contributed by atoms with van der Waals surface area (Å²) in [7, 11) is 0. The highest BCUT2D eigenvalue weighted by Gasteiger charge is 2.38. The number of carboxylic acids is 2. The van der Waals surface area contributed by atoms with Crippen LogP contribution in [0.2, 0.25) is 0 Å². The Morgan fingerprint density at radius 2 is 1.68 bits per heavy atom. The summed E-state index contributed by atoms with van der Waals surface area (Å²) in [4.78, 5) is 38.5. The molecule has 0 radical (unpaired) electrons. The van der Waals surface area contributed by atoms with Crippen LogP contribution in [0.1, 0.15) is 55.5 Å². The number of rotatable bonds is 13. The number of aryl methyl sites for hydroxylation is 1. The lowest BCUT2D eigenvalue weighted by atomic mass is 10.1. The van der Waals surface area contributed by atoms with E-state index in [1.54, 1.807) is 18.5 Å². The van der Waals surface area contributed by atoms with Gasteiger partial charge >= 0.3 is 18.1 Å². The van der Waals surface area contributed by atoms with Gasteiger partial charge < -0.3 is 25.2 Å². The van der Waals surface area contributed by atoms with Crippen molar-refractivity contribution in [1.29, 1.82) is 0 Å². The zero-order valence-corrected chi connectivity index (χ0v) is 21.6. The Kier molecular flexibility index (Phi) is 13.6. The van der Waals surface area contributed by atoms with Crippen molar-refractivity contribution in [3.05, 3.63) is 53.9 Å². The van der Waals surface area contributed by atoms with Crippen LogP contribution in [0, 0.1) is 6.92 Å². The minimum atomic E-state index is -5.08. The van der Waals surface area contributed by atoms with Crippen LogP contribution in [0.3, 0.4) is 0 Å². The number of ether oxygens (including phenoxy) is 1. The van der Waals surface area contributed by atoms with Crippen molar-refractivity contribution in [3.8, 4) is 5.75 Å². The summed E-state index contributed by atoms with van der Waals surface area (Å²) < 4.78 is 37.6. The van der Waals surface area contributed by atoms with Gasteiger partial charge in [0.05, 0.1) is 0 Å². The SMILES string of the molecule is Cc1cc(OCCNc2ccncc2)cc(C(=O)N(CCCCCC(=O)O)C(C)C)c1.O=C(O)C(F)(F)F. The molecule has 0 unspecified atom stereocenters. The van der Waals surface area contributed by atoms with Gasteiger partial charge in [0, 0.05) is 49.2 Å². The van der Waals surface area contributed by atoms with Crippen LogP contribution in [0.4, 0.5) is 18.9 Å². The van der Waals surface area contributed by atoms with E-state index in [9.17, 15) is 22.8 Å². The Bertz CT molecular complexity index is 1030. The van der Waals surface area contributed by atoms with Gasteiger partial charge in [0.15, 0.2) is 0 Å². The molecule has 0 saturated carbocycles. The predicted molar refractivity (Wildman–Crippen MR) is 135 cm³/mol. The number of carboxylic acid groups (broad SMARTS) is 2. The Labute approximate surface area is 219 Å². The fourth-order valence-electron chi connectivity index (χ4n) is 3.28. The minimum absolute atomic E-state index is 0.0308. The zero-order chi connectivity index (χ0) is 28.7. The van der Waals surface area contributed by atoms with Gasteiger partial charge in [0.2, 0.25) is 0 Å². The lowest BCUT2D eigenvalue weighted by Crippen LogP contribution is -2.37. The molecular weight excluding hydrogens is 507 g/mol. The number of halogens is 3. The molecule has 1 aromatic heterocycles. The largest absolute Gasteiger partial charge is 0.492 e. The fourth-order valence-corrected chi connectivity index (χ4v) is 3.28. The van der Waals surface area contributed by atoms with Crippen molar-refractivity contribution in [2.75, 3.05) is 25.0 Å². The Morgan fingerprint density at radius 3 is 2.24 bits per heavy atom. The zero-order valence-electron chi connectivity index (χ0n) is 21.6. The Balaban J connectivity index is 0.000000905. The number of aliphatic carboxylic acids is 2. The van der Waals surface area contributed by atoms with Crippen LogP contribution in [0.15, 0.2) is 42.7 Å². The predicted octanol–water partition coefficient (Wildman–Crippen LogP) is 5.01. The molecule has 0 aliphatic heterocycles. The lowest BCUT2D eigenvalue weighted by Gasteiger charge is -2.27. The maximum absolute atomic E-state index is 13.1. The van der Waals surface area contributed by atoms with E-state index in [1.807, 2.05) is 49.9 Å². The highest BCUT2D eigenvalue weighted by Crippen LogP contribution is 2.20. The number of alkyl halides is 3. The number of benzene rings is 1. The summed E-state index contributed by atoms with van der Waals surface area (Å²) in [6.07, 6.45) is 0.751. The summed E-state index contributed by atoms with van der Waals surface area (Å²) in [5.41, 5.74) is 2.55. The summed E-state index contributed by atoms with van der Waals surface area (Å²) in [6, 6.07) is 9.44. The number of amides is 1. The number of hydrogen-bond donors (Lipinski definition) is 3. The first-order valence-electron chi connectivity index (χ1n) is 12.0. The third-order valence-corrected chi connectivity index (χ3v) is 5.09. The molecule has 1 aromatic carbocycles. The summed E-state index contributed by atoms with van der Waals surface area (Å²) >= 11 is 0. The molecule has 2 aromatic rings. The molecule has 0 aliphatic carbocycles. The van der Waals surface area contributed by atoms with E-state index in [0.717, 1.165) is 24.1 Å². The number of pyridine rings is 1. The van der Waals surface area contributed by atoms with Gasteiger partial charge in [-0.2, -0.15) is 13.2 Å². The molecule has 0 bridgehead atoms. The van der Waals surface area contributed by atoms with Gasteiger partial charge in [-0.25, -0.2) is 4.79 Å². The molecule has 0 fully saturated rings.